The van der Waals surface area contributed by atoms with Crippen LogP contribution in [0.15, 0.2) is 42.5 Å². The monoisotopic (exact) mass is 450 g/mol. The number of aryl methyl sites for hydroxylation is 1. The third kappa shape index (κ3) is 7.31. The van der Waals surface area contributed by atoms with Gasteiger partial charge < -0.3 is 19.9 Å². The largest absolute Gasteiger partial charge is 0.489 e. The second-order valence-corrected chi connectivity index (χ2v) is 9.50. The predicted octanol–water partition coefficient (Wildman–Crippen LogP) is 3.58. The molecule has 0 aromatic heterocycles. The van der Waals surface area contributed by atoms with Gasteiger partial charge in [-0.3, -0.25) is 4.79 Å². The van der Waals surface area contributed by atoms with Crippen LogP contribution in [0.2, 0.25) is 0 Å². The highest BCUT2D eigenvalue weighted by Crippen LogP contribution is 2.31. The molecule has 0 radical (unpaired) electrons. The Bertz CT molecular complexity index is 971. The minimum absolute atomic E-state index is 0.0765. The molecule has 0 aliphatic heterocycles. The van der Waals surface area contributed by atoms with E-state index in [1.807, 2.05) is 0 Å². The van der Waals surface area contributed by atoms with Crippen LogP contribution in [-0.4, -0.2) is 43.0 Å². The van der Waals surface area contributed by atoms with Crippen molar-refractivity contribution < 1.29 is 19.4 Å². The first-order valence-corrected chi connectivity index (χ1v) is 11.5. The highest BCUT2D eigenvalue weighted by Gasteiger charge is 2.28. The number of fused-ring (bicyclic) bond motifs is 1. The Balaban J connectivity index is 1.47. The molecule has 2 aromatic carbocycles. The zero-order chi connectivity index (χ0) is 23.8. The van der Waals surface area contributed by atoms with E-state index >= 15 is 0 Å². The lowest BCUT2D eigenvalue weighted by Crippen LogP contribution is -2.46. The van der Waals surface area contributed by atoms with Crippen molar-refractivity contribution >= 4 is 5.97 Å². The van der Waals surface area contributed by atoms with Crippen molar-refractivity contribution in [1.29, 1.82) is 5.26 Å². The fourth-order valence-electron chi connectivity index (χ4n) is 4.51. The maximum atomic E-state index is 11.4. The Morgan fingerprint density at radius 2 is 1.94 bits per heavy atom. The molecule has 0 spiro atoms. The summed E-state index contributed by atoms with van der Waals surface area (Å²) in [4.78, 5) is 11.4. The number of carbonyl (C=O) groups excluding carboxylic acids is 1. The van der Waals surface area contributed by atoms with Crippen molar-refractivity contribution in [1.82, 2.24) is 5.32 Å². The van der Waals surface area contributed by atoms with Gasteiger partial charge in [-0.15, -0.1) is 0 Å². The maximum Gasteiger partial charge on any atom is 0.305 e. The smallest absolute Gasteiger partial charge is 0.305 e. The normalized spacial score (nSPS) is 14.4. The van der Waals surface area contributed by atoms with Gasteiger partial charge in [0, 0.05) is 18.5 Å². The molecule has 0 unspecified atom stereocenters. The van der Waals surface area contributed by atoms with Crippen molar-refractivity contribution in [3.05, 3.63) is 64.7 Å². The molecule has 6 nitrogen and oxygen atoms in total. The zero-order valence-electron chi connectivity index (χ0n) is 19.8. The van der Waals surface area contributed by atoms with Gasteiger partial charge in [-0.2, -0.15) is 5.26 Å². The van der Waals surface area contributed by atoms with E-state index in [9.17, 15) is 15.2 Å². The zero-order valence-corrected chi connectivity index (χ0v) is 19.8. The van der Waals surface area contributed by atoms with Crippen molar-refractivity contribution in [2.24, 2.45) is 5.92 Å². The van der Waals surface area contributed by atoms with Crippen LogP contribution < -0.4 is 10.1 Å². The highest BCUT2D eigenvalue weighted by molar-refractivity contribution is 5.69. The Hall–Kier alpha value is -2.88. The molecule has 0 fully saturated rings. The number of aliphatic hydroxyl groups excluding tert-OH is 1. The van der Waals surface area contributed by atoms with Crippen LogP contribution in [0.5, 0.6) is 5.75 Å². The number of benzene rings is 2. The minimum atomic E-state index is -0.713. The van der Waals surface area contributed by atoms with Crippen molar-refractivity contribution in [3.8, 4) is 11.8 Å². The molecule has 2 aromatic rings. The summed E-state index contributed by atoms with van der Waals surface area (Å²) in [5, 5.41) is 23.3. The van der Waals surface area contributed by atoms with E-state index in [1.54, 1.807) is 18.2 Å². The van der Waals surface area contributed by atoms with Crippen LogP contribution in [-0.2, 0) is 28.8 Å². The number of β-amino-alcohol motifs (C(OH)–C–C–N with tert-alkyl or cyclic N) is 1. The van der Waals surface area contributed by atoms with Gasteiger partial charge in [0.1, 0.15) is 24.5 Å². The number of nitrogens with zero attached hydrogens (tertiary/aromatic N) is 1. The van der Waals surface area contributed by atoms with Crippen LogP contribution >= 0.6 is 0 Å². The number of methoxy groups -OCH3 is 1. The Morgan fingerprint density at radius 1 is 1.24 bits per heavy atom. The lowest BCUT2D eigenvalue weighted by atomic mass is 9.88. The summed E-state index contributed by atoms with van der Waals surface area (Å²) in [6.45, 7) is 4.81. The number of hydrogen-bond donors (Lipinski definition) is 2. The molecule has 0 bridgehead atoms. The van der Waals surface area contributed by atoms with Crippen LogP contribution in [0.25, 0.3) is 0 Å². The molecule has 33 heavy (non-hydrogen) atoms. The molecule has 0 saturated heterocycles. The first kappa shape index (κ1) is 24.8. The van der Waals surface area contributed by atoms with E-state index in [4.69, 9.17) is 4.74 Å². The number of nitrogens with one attached hydrogen (secondary N) is 1. The lowest BCUT2D eigenvalue weighted by Gasteiger charge is -2.30. The number of aliphatic hydroxyl groups is 1. The second-order valence-electron chi connectivity index (χ2n) is 9.50. The number of nitriles is 1. The third-order valence-corrected chi connectivity index (χ3v) is 6.19. The first-order valence-electron chi connectivity index (χ1n) is 11.5. The average molecular weight is 451 g/mol. The van der Waals surface area contributed by atoms with Gasteiger partial charge in [0.2, 0.25) is 0 Å². The highest BCUT2D eigenvalue weighted by atomic mass is 16.5. The maximum absolute atomic E-state index is 11.4. The quantitative estimate of drug-likeness (QED) is 0.509. The lowest BCUT2D eigenvalue weighted by molar-refractivity contribution is -0.140. The summed E-state index contributed by atoms with van der Waals surface area (Å²) >= 11 is 0. The van der Waals surface area contributed by atoms with Crippen molar-refractivity contribution in [3.63, 3.8) is 0 Å². The van der Waals surface area contributed by atoms with Crippen LogP contribution in [0.3, 0.4) is 0 Å². The fourth-order valence-corrected chi connectivity index (χ4v) is 4.51. The molecule has 3 rings (SSSR count). The predicted molar refractivity (Wildman–Crippen MR) is 127 cm³/mol. The van der Waals surface area contributed by atoms with Crippen molar-refractivity contribution in [2.45, 2.75) is 57.6 Å². The van der Waals surface area contributed by atoms with E-state index in [0.717, 1.165) is 24.8 Å². The number of ether oxygens (including phenoxy) is 2. The van der Waals surface area contributed by atoms with Gasteiger partial charge in [0.25, 0.3) is 0 Å². The van der Waals surface area contributed by atoms with Gasteiger partial charge in [-0.05, 0) is 74.3 Å². The SMILES string of the molecule is COC(=O)CCc1ccc(C#N)c(OC[C@@H](O)CNC(C)(C)CC2Cc3ccccc3C2)c1. The number of esters is 1. The first-order chi connectivity index (χ1) is 15.8. The molecular formula is C27H34N2O4. The number of hydrogen-bond acceptors (Lipinski definition) is 6. The van der Waals surface area contributed by atoms with Gasteiger partial charge in [-0.1, -0.05) is 30.3 Å². The Morgan fingerprint density at radius 3 is 2.58 bits per heavy atom. The number of rotatable bonds is 11. The molecule has 6 heteroatoms. The molecule has 1 aliphatic carbocycles. The van der Waals surface area contributed by atoms with E-state index < -0.39 is 6.10 Å². The Labute approximate surface area is 196 Å². The second kappa shape index (κ2) is 11.3. The van der Waals surface area contributed by atoms with Gasteiger partial charge >= 0.3 is 5.97 Å². The molecule has 176 valence electrons. The Kier molecular flexibility index (Phi) is 8.49. The van der Waals surface area contributed by atoms with Crippen LogP contribution in [0, 0.1) is 17.2 Å². The van der Waals surface area contributed by atoms with Crippen molar-refractivity contribution in [2.75, 3.05) is 20.3 Å². The molecule has 0 heterocycles. The van der Waals surface area contributed by atoms with Crippen LogP contribution in [0.1, 0.15) is 48.9 Å². The molecule has 0 amide bonds. The minimum Gasteiger partial charge on any atom is -0.489 e. The van der Waals surface area contributed by atoms with E-state index in [2.05, 4.69) is 54.2 Å². The molecule has 0 saturated carbocycles. The molecular weight excluding hydrogens is 416 g/mol. The van der Waals surface area contributed by atoms with Gasteiger partial charge in [0.05, 0.1) is 12.7 Å². The molecule has 2 N–H and O–H groups in total. The summed E-state index contributed by atoms with van der Waals surface area (Å²) in [5.41, 5.74) is 4.07. The summed E-state index contributed by atoms with van der Waals surface area (Å²) in [6.07, 6.45) is 3.28. The molecule has 1 atom stereocenters. The van der Waals surface area contributed by atoms with Crippen LogP contribution in [0.4, 0.5) is 0 Å². The van der Waals surface area contributed by atoms with E-state index in [0.29, 0.717) is 30.2 Å². The summed E-state index contributed by atoms with van der Waals surface area (Å²) in [5.74, 6) is 0.735. The standard InChI is InChI=1S/C27H34N2O4/c1-27(2,15-20-12-21-6-4-5-7-22(21)13-20)29-17-24(30)18-33-25-14-19(8-10-23(25)16-28)9-11-26(31)32-3/h4-8,10,14,20,24,29-30H,9,11-13,15,17-18H2,1-3H3/t24-/m0/s1. The van der Waals surface area contributed by atoms with E-state index in [1.165, 1.54) is 18.2 Å². The summed E-state index contributed by atoms with van der Waals surface area (Å²) in [7, 11) is 1.36. The van der Waals surface area contributed by atoms with Gasteiger partial charge in [-0.25, -0.2) is 0 Å². The third-order valence-electron chi connectivity index (χ3n) is 6.19. The summed E-state index contributed by atoms with van der Waals surface area (Å²) < 4.78 is 10.5. The van der Waals surface area contributed by atoms with E-state index in [-0.39, 0.29) is 24.5 Å². The summed E-state index contributed by atoms with van der Waals surface area (Å²) in [6, 6.07) is 16.0. The van der Waals surface area contributed by atoms with Gasteiger partial charge in [0.15, 0.2) is 0 Å². The topological polar surface area (TPSA) is 91.6 Å². The number of carbonyl (C=O) groups is 1. The average Bonchev–Trinajstić information content (AvgIpc) is 3.21. The fraction of sp³-hybridized carbons (Fsp3) is 0.481. The molecule has 1 aliphatic rings.